The SMILES string of the molecule is Cc1ccc(C2=NCN(c3ccc(Nc4nccc(-c5cc(F)cc(N(C)C)c5)n4)cc3)N2)cn1. The van der Waals surface area contributed by atoms with Crippen LogP contribution in [-0.4, -0.2) is 41.6 Å². The van der Waals surface area contributed by atoms with Gasteiger partial charge in [0.05, 0.1) is 11.4 Å². The highest BCUT2D eigenvalue weighted by molar-refractivity contribution is 6.00. The minimum atomic E-state index is -0.309. The smallest absolute Gasteiger partial charge is 0.227 e. The zero-order chi connectivity index (χ0) is 24.4. The number of hydrogen-bond acceptors (Lipinski definition) is 8. The van der Waals surface area contributed by atoms with Crippen LogP contribution < -0.4 is 20.7 Å². The quantitative estimate of drug-likeness (QED) is 0.430. The predicted molar refractivity (Wildman–Crippen MR) is 137 cm³/mol. The molecule has 0 radical (unpaired) electrons. The third-order valence-electron chi connectivity index (χ3n) is 5.58. The number of aliphatic imine (C=N–C) groups is 1. The zero-order valence-electron chi connectivity index (χ0n) is 19.7. The fraction of sp³-hybridized carbons (Fsp3) is 0.154. The van der Waals surface area contributed by atoms with E-state index >= 15 is 0 Å². The molecule has 176 valence electrons. The van der Waals surface area contributed by atoms with Crippen LogP contribution in [0.15, 0.2) is 78.0 Å². The molecule has 0 atom stereocenters. The van der Waals surface area contributed by atoms with Crippen molar-refractivity contribution in [3.63, 3.8) is 0 Å². The van der Waals surface area contributed by atoms with Gasteiger partial charge in [-0.1, -0.05) is 0 Å². The van der Waals surface area contributed by atoms with Crippen LogP contribution in [0.4, 0.5) is 27.4 Å². The van der Waals surface area contributed by atoms with Crippen LogP contribution in [0, 0.1) is 12.7 Å². The van der Waals surface area contributed by atoms with E-state index in [9.17, 15) is 4.39 Å². The number of hydrogen-bond donors (Lipinski definition) is 2. The van der Waals surface area contributed by atoms with Crippen LogP contribution in [-0.2, 0) is 0 Å². The second kappa shape index (κ2) is 9.38. The lowest BCUT2D eigenvalue weighted by atomic mass is 10.1. The summed E-state index contributed by atoms with van der Waals surface area (Å²) in [6.07, 6.45) is 3.48. The van der Waals surface area contributed by atoms with Gasteiger partial charge in [-0.15, -0.1) is 0 Å². The van der Waals surface area contributed by atoms with Crippen molar-refractivity contribution in [1.29, 1.82) is 0 Å². The first kappa shape index (κ1) is 22.3. The molecule has 0 saturated heterocycles. The molecule has 0 spiro atoms. The van der Waals surface area contributed by atoms with Crippen molar-refractivity contribution < 1.29 is 4.39 Å². The summed E-state index contributed by atoms with van der Waals surface area (Å²) in [6.45, 7) is 2.46. The van der Waals surface area contributed by atoms with Crippen molar-refractivity contribution in [2.45, 2.75) is 6.92 Å². The van der Waals surface area contributed by atoms with Crippen molar-refractivity contribution in [2.75, 3.05) is 36.0 Å². The first-order valence-corrected chi connectivity index (χ1v) is 11.1. The van der Waals surface area contributed by atoms with E-state index < -0.39 is 0 Å². The number of amidine groups is 1. The molecule has 1 aliphatic heterocycles. The summed E-state index contributed by atoms with van der Waals surface area (Å²) >= 11 is 0. The number of halogens is 1. The van der Waals surface area contributed by atoms with Crippen LogP contribution >= 0.6 is 0 Å². The Morgan fingerprint density at radius 3 is 2.54 bits per heavy atom. The summed E-state index contributed by atoms with van der Waals surface area (Å²) in [5.41, 5.74) is 9.14. The van der Waals surface area contributed by atoms with E-state index in [0.29, 0.717) is 23.9 Å². The molecule has 4 aromatic rings. The minimum Gasteiger partial charge on any atom is -0.378 e. The Bertz CT molecular complexity index is 1370. The van der Waals surface area contributed by atoms with Gasteiger partial charge in [0.15, 0.2) is 5.84 Å². The lowest BCUT2D eigenvalue weighted by Gasteiger charge is -2.19. The van der Waals surface area contributed by atoms with E-state index in [0.717, 1.165) is 34.2 Å². The minimum absolute atomic E-state index is 0.309. The van der Waals surface area contributed by atoms with Crippen LogP contribution in [0.2, 0.25) is 0 Å². The number of rotatable bonds is 6. The lowest BCUT2D eigenvalue weighted by molar-refractivity contribution is 0.628. The molecule has 0 aliphatic carbocycles. The Hall–Kier alpha value is -4.53. The predicted octanol–water partition coefficient (Wildman–Crippen LogP) is 4.52. The van der Waals surface area contributed by atoms with Gasteiger partial charge in [-0.05, 0) is 67.6 Å². The Morgan fingerprint density at radius 2 is 1.80 bits per heavy atom. The molecular weight excluding hydrogens is 443 g/mol. The number of pyridine rings is 1. The van der Waals surface area contributed by atoms with Crippen LogP contribution in [0.25, 0.3) is 11.3 Å². The molecule has 0 fully saturated rings. The maximum Gasteiger partial charge on any atom is 0.227 e. The van der Waals surface area contributed by atoms with Crippen LogP contribution in [0.1, 0.15) is 11.3 Å². The summed E-state index contributed by atoms with van der Waals surface area (Å²) in [7, 11) is 3.75. The maximum absolute atomic E-state index is 14.1. The first-order chi connectivity index (χ1) is 16.9. The van der Waals surface area contributed by atoms with E-state index in [4.69, 9.17) is 0 Å². The number of nitrogens with zero attached hydrogens (tertiary/aromatic N) is 6. The van der Waals surface area contributed by atoms with Crippen molar-refractivity contribution in [3.05, 3.63) is 90.1 Å². The van der Waals surface area contributed by atoms with E-state index in [-0.39, 0.29) is 5.82 Å². The van der Waals surface area contributed by atoms with Crippen molar-refractivity contribution in [3.8, 4) is 11.3 Å². The van der Waals surface area contributed by atoms with Gasteiger partial charge in [0, 0.05) is 54.7 Å². The van der Waals surface area contributed by atoms with E-state index in [2.05, 4.69) is 30.7 Å². The molecule has 35 heavy (non-hydrogen) atoms. The van der Waals surface area contributed by atoms with Gasteiger partial charge in [0.25, 0.3) is 0 Å². The molecule has 5 rings (SSSR count). The molecule has 3 heterocycles. The summed E-state index contributed by atoms with van der Waals surface area (Å²) in [5, 5.41) is 5.18. The summed E-state index contributed by atoms with van der Waals surface area (Å²) in [5.74, 6) is 0.915. The zero-order valence-corrected chi connectivity index (χ0v) is 19.7. The summed E-state index contributed by atoms with van der Waals surface area (Å²) < 4.78 is 14.1. The number of hydrazine groups is 1. The van der Waals surface area contributed by atoms with Gasteiger partial charge in [0.1, 0.15) is 12.5 Å². The Kier molecular flexibility index (Phi) is 5.97. The second-order valence-corrected chi connectivity index (χ2v) is 8.41. The van der Waals surface area contributed by atoms with Gasteiger partial charge >= 0.3 is 0 Å². The maximum atomic E-state index is 14.1. The Balaban J connectivity index is 1.27. The van der Waals surface area contributed by atoms with Crippen LogP contribution in [0.5, 0.6) is 0 Å². The largest absolute Gasteiger partial charge is 0.378 e. The molecule has 0 unspecified atom stereocenters. The molecule has 1 aliphatic rings. The van der Waals surface area contributed by atoms with E-state index in [1.165, 1.54) is 12.1 Å². The molecule has 2 N–H and O–H groups in total. The van der Waals surface area contributed by atoms with Gasteiger partial charge in [-0.2, -0.15) is 0 Å². The number of aryl methyl sites for hydroxylation is 1. The van der Waals surface area contributed by atoms with Gasteiger partial charge in [0.2, 0.25) is 5.95 Å². The average molecular weight is 469 g/mol. The van der Waals surface area contributed by atoms with Gasteiger partial charge < -0.3 is 10.2 Å². The molecule has 0 bridgehead atoms. The number of nitrogens with one attached hydrogen (secondary N) is 2. The molecule has 0 amide bonds. The number of anilines is 4. The lowest BCUT2D eigenvalue weighted by Crippen LogP contribution is -2.36. The Labute approximate surface area is 203 Å². The van der Waals surface area contributed by atoms with Crippen LogP contribution in [0.3, 0.4) is 0 Å². The topological polar surface area (TPSA) is 81.6 Å². The first-order valence-electron chi connectivity index (χ1n) is 11.1. The average Bonchev–Trinajstić information content (AvgIpc) is 3.35. The monoisotopic (exact) mass is 468 g/mol. The highest BCUT2D eigenvalue weighted by atomic mass is 19.1. The molecule has 2 aromatic carbocycles. The molecule has 8 nitrogen and oxygen atoms in total. The molecule has 2 aromatic heterocycles. The molecule has 9 heteroatoms. The standard InChI is InChI=1S/C26H25FN8/c1-17-4-5-18(15-29-17)25-30-16-35(33-25)22-8-6-21(7-9-22)31-26-28-11-10-24(32-26)19-12-20(27)14-23(13-19)34(2)3/h4-15H,16H2,1-3H3,(H,30,33)(H,28,31,32). The van der Waals surface area contributed by atoms with E-state index in [1.54, 1.807) is 12.3 Å². The summed E-state index contributed by atoms with van der Waals surface area (Å²) in [6, 6.07) is 18.5. The number of benzene rings is 2. The molecule has 0 saturated carbocycles. The fourth-order valence-electron chi connectivity index (χ4n) is 3.66. The highest BCUT2D eigenvalue weighted by Gasteiger charge is 2.17. The third kappa shape index (κ3) is 5.03. The van der Waals surface area contributed by atoms with Crippen molar-refractivity contribution in [2.24, 2.45) is 4.99 Å². The normalized spacial score (nSPS) is 12.8. The van der Waals surface area contributed by atoms with Crippen molar-refractivity contribution >= 4 is 28.8 Å². The van der Waals surface area contributed by atoms with E-state index in [1.807, 2.05) is 79.6 Å². The third-order valence-corrected chi connectivity index (χ3v) is 5.58. The number of aromatic nitrogens is 3. The highest BCUT2D eigenvalue weighted by Crippen LogP contribution is 2.26. The molecular formula is C26H25FN8. The van der Waals surface area contributed by atoms with Gasteiger partial charge in [-0.25, -0.2) is 19.4 Å². The second-order valence-electron chi connectivity index (χ2n) is 8.41. The Morgan fingerprint density at radius 1 is 0.971 bits per heavy atom. The fourth-order valence-corrected chi connectivity index (χ4v) is 3.66. The summed E-state index contributed by atoms with van der Waals surface area (Å²) in [4.78, 5) is 19.7. The van der Waals surface area contributed by atoms with Gasteiger partial charge in [-0.3, -0.25) is 15.4 Å². The van der Waals surface area contributed by atoms with Crippen molar-refractivity contribution in [1.82, 2.24) is 20.4 Å².